The van der Waals surface area contributed by atoms with Crippen LogP contribution in [0.1, 0.15) is 86.5 Å². The van der Waals surface area contributed by atoms with Crippen molar-refractivity contribution >= 4 is 5.97 Å². The van der Waals surface area contributed by atoms with Gasteiger partial charge >= 0.3 is 5.97 Å². The number of rotatable bonds is 3. The van der Waals surface area contributed by atoms with Crippen LogP contribution in [0.15, 0.2) is 11.6 Å². The molecule has 0 bridgehead atoms. The topological polar surface area (TPSA) is 163 Å². The monoisotopic (exact) mass is 664 g/mol. The van der Waals surface area contributed by atoms with Gasteiger partial charge in [0.15, 0.2) is 17.9 Å². The molecular formula is C35H52O12. The Morgan fingerprint density at radius 2 is 1.68 bits per heavy atom. The Morgan fingerprint density at radius 3 is 2.40 bits per heavy atom. The van der Waals surface area contributed by atoms with Crippen LogP contribution in [0, 0.1) is 28.6 Å². The van der Waals surface area contributed by atoms with Crippen LogP contribution in [0.5, 0.6) is 0 Å². The Balaban J connectivity index is 1.12. The number of carbonyl (C=O) groups is 1. The maximum absolute atomic E-state index is 12.9. The predicted octanol–water partition coefficient (Wildman–Crippen LogP) is 2.08. The Bertz CT molecular complexity index is 1330. The summed E-state index contributed by atoms with van der Waals surface area (Å²) in [5, 5.41) is 48.7. The van der Waals surface area contributed by atoms with Gasteiger partial charge < -0.3 is 53.6 Å². The minimum atomic E-state index is -1.33. The third kappa shape index (κ3) is 4.59. The summed E-state index contributed by atoms with van der Waals surface area (Å²) in [5.74, 6) is -3.10. The maximum Gasteiger partial charge on any atom is 0.331 e. The average molecular weight is 665 g/mol. The highest BCUT2D eigenvalue weighted by molar-refractivity contribution is 5.85. The first-order valence-corrected chi connectivity index (χ1v) is 17.6. The van der Waals surface area contributed by atoms with E-state index < -0.39 is 88.5 Å². The Labute approximate surface area is 276 Å². The molecule has 4 N–H and O–H groups in total. The minimum absolute atomic E-state index is 0.0856. The van der Waals surface area contributed by atoms with Crippen molar-refractivity contribution in [3.8, 4) is 0 Å². The van der Waals surface area contributed by atoms with Gasteiger partial charge in [0.2, 0.25) is 0 Å². The number of ether oxygens (including phenoxy) is 7. The highest BCUT2D eigenvalue weighted by atomic mass is 16.8. The summed E-state index contributed by atoms with van der Waals surface area (Å²) < 4.78 is 43.3. The number of hydrogen-bond acceptors (Lipinski definition) is 12. The molecule has 0 aromatic carbocycles. The molecule has 4 heterocycles. The normalized spacial score (nSPS) is 56.0. The van der Waals surface area contributed by atoms with Crippen molar-refractivity contribution in [2.75, 3.05) is 13.2 Å². The van der Waals surface area contributed by atoms with Crippen LogP contribution in [0.3, 0.4) is 0 Å². The lowest BCUT2D eigenvalue weighted by molar-refractivity contribution is -0.407. The molecule has 3 saturated heterocycles. The first-order chi connectivity index (χ1) is 21.9. The number of cyclic esters (lactones) is 1. The Hall–Kier alpha value is -1.19. The van der Waals surface area contributed by atoms with Crippen molar-refractivity contribution < 1.29 is 58.4 Å². The van der Waals surface area contributed by atoms with E-state index in [2.05, 4.69) is 6.92 Å². The van der Waals surface area contributed by atoms with E-state index in [4.69, 9.17) is 33.2 Å². The van der Waals surface area contributed by atoms with Crippen LogP contribution in [-0.4, -0.2) is 111 Å². The molecule has 15 atom stereocenters. The van der Waals surface area contributed by atoms with Gasteiger partial charge in [-0.05, 0) is 84.1 Å². The van der Waals surface area contributed by atoms with Gasteiger partial charge in [-0.25, -0.2) is 4.79 Å². The Morgan fingerprint density at radius 1 is 0.936 bits per heavy atom. The van der Waals surface area contributed by atoms with Crippen molar-refractivity contribution in [1.82, 2.24) is 0 Å². The molecule has 1 spiro atoms. The predicted molar refractivity (Wildman–Crippen MR) is 162 cm³/mol. The number of aliphatic hydroxyl groups excluding tert-OH is 2. The van der Waals surface area contributed by atoms with E-state index in [1.165, 1.54) is 0 Å². The quantitative estimate of drug-likeness (QED) is 0.257. The fourth-order valence-electron chi connectivity index (χ4n) is 11.8. The summed E-state index contributed by atoms with van der Waals surface area (Å²) in [6, 6.07) is 0. The molecule has 0 amide bonds. The van der Waals surface area contributed by atoms with E-state index in [-0.39, 0.29) is 37.4 Å². The number of aliphatic hydroxyl groups is 4. The lowest BCUT2D eigenvalue weighted by Gasteiger charge is -2.71. The molecule has 0 aromatic heterocycles. The Kier molecular flexibility index (Phi) is 7.32. The number of hydrogen-bond donors (Lipinski definition) is 4. The van der Waals surface area contributed by atoms with E-state index in [1.807, 2.05) is 13.8 Å². The van der Waals surface area contributed by atoms with Crippen LogP contribution in [0.4, 0.5) is 0 Å². The molecule has 0 unspecified atom stereocenters. The van der Waals surface area contributed by atoms with Crippen molar-refractivity contribution in [2.45, 2.75) is 158 Å². The maximum atomic E-state index is 12.9. The number of esters is 1. The molecule has 4 aliphatic heterocycles. The van der Waals surface area contributed by atoms with Crippen molar-refractivity contribution in [2.24, 2.45) is 28.6 Å². The largest absolute Gasteiger partial charge is 0.458 e. The van der Waals surface area contributed by atoms with Crippen LogP contribution < -0.4 is 0 Å². The van der Waals surface area contributed by atoms with E-state index in [0.29, 0.717) is 38.5 Å². The first kappa shape index (κ1) is 33.0. The number of carbonyl (C=O) groups excluding carboxylic acids is 1. The van der Waals surface area contributed by atoms with Crippen LogP contribution in [0.2, 0.25) is 0 Å². The molecule has 7 fully saturated rings. The van der Waals surface area contributed by atoms with Gasteiger partial charge in [-0.3, -0.25) is 0 Å². The van der Waals surface area contributed by atoms with E-state index >= 15 is 0 Å². The summed E-state index contributed by atoms with van der Waals surface area (Å²) in [6.07, 6.45) is -0.750. The standard InChI is InChI=1S/C35H52O12/c1-17-26(38)27-28(47-31(4,5)46-27)29(43-17)44-19-12-23-34(16-42-30(2,3)45-23)25-21(7-9-33(34,39)13-19)35(40)10-8-20(18-11-24(37)41-15-18)32(35,6)14-22(25)36/h11,17,19-23,25-29,36,38-40H,7-10,12-16H2,1-6H3/t17-,19-,20+,21+,22-,23+,25+,26-,27+,28+,29-,32+,33-,34+,35-/m0/s1. The zero-order valence-corrected chi connectivity index (χ0v) is 28.3. The highest BCUT2D eigenvalue weighted by Gasteiger charge is 2.77. The molecule has 264 valence electrons. The summed E-state index contributed by atoms with van der Waals surface area (Å²) in [6.45, 7) is 11.5. The SMILES string of the molecule is C[C@@H]1O[C@@H](O[C@H]2C[C@H]3OC(C)(C)OC[C@]34[C@@H]3[C@@H](CC[C@]4(O)C2)[C@@]2(O)CC[C@H](C4=CC(=O)OC4)[C@@]2(C)C[C@@H]3O)[C@@H]2OC(C)(C)O[C@@H]2[C@H]1O. The third-order valence-corrected chi connectivity index (χ3v) is 13.8. The van der Waals surface area contributed by atoms with Gasteiger partial charge in [-0.15, -0.1) is 0 Å². The second kappa shape index (κ2) is 10.4. The fraction of sp³-hybridized carbons (Fsp3) is 0.914. The van der Waals surface area contributed by atoms with Crippen LogP contribution in [-0.2, 0) is 38.0 Å². The zero-order valence-electron chi connectivity index (χ0n) is 28.3. The van der Waals surface area contributed by atoms with Gasteiger partial charge in [0.05, 0.1) is 47.6 Å². The minimum Gasteiger partial charge on any atom is -0.458 e. The molecule has 12 nitrogen and oxygen atoms in total. The third-order valence-electron chi connectivity index (χ3n) is 13.8. The molecular weight excluding hydrogens is 612 g/mol. The lowest BCUT2D eigenvalue weighted by Crippen LogP contribution is -2.78. The fourth-order valence-corrected chi connectivity index (χ4v) is 11.8. The van der Waals surface area contributed by atoms with Crippen molar-refractivity contribution in [3.05, 3.63) is 11.6 Å². The second-order valence-corrected chi connectivity index (χ2v) is 17.0. The zero-order chi connectivity index (χ0) is 33.5. The smallest absolute Gasteiger partial charge is 0.331 e. The van der Waals surface area contributed by atoms with E-state index in [9.17, 15) is 25.2 Å². The van der Waals surface area contributed by atoms with Crippen molar-refractivity contribution in [1.29, 1.82) is 0 Å². The molecule has 8 aliphatic rings. The summed E-state index contributed by atoms with van der Waals surface area (Å²) in [7, 11) is 0. The lowest BCUT2D eigenvalue weighted by atomic mass is 9.40. The molecule has 0 radical (unpaired) electrons. The summed E-state index contributed by atoms with van der Waals surface area (Å²) in [4.78, 5) is 12.0. The van der Waals surface area contributed by atoms with E-state index in [0.717, 1.165) is 5.57 Å². The van der Waals surface area contributed by atoms with Gasteiger partial charge in [0.1, 0.15) is 24.9 Å². The molecule has 0 aromatic rings. The molecule has 8 rings (SSSR count). The molecule has 4 aliphatic carbocycles. The van der Waals surface area contributed by atoms with Crippen LogP contribution >= 0.6 is 0 Å². The second-order valence-electron chi connectivity index (χ2n) is 17.0. The molecule has 12 heteroatoms. The summed E-state index contributed by atoms with van der Waals surface area (Å²) in [5.41, 5.74) is -3.23. The summed E-state index contributed by atoms with van der Waals surface area (Å²) >= 11 is 0. The van der Waals surface area contributed by atoms with Gasteiger partial charge in [-0.1, -0.05) is 6.92 Å². The van der Waals surface area contributed by atoms with Gasteiger partial charge in [0, 0.05) is 30.3 Å². The van der Waals surface area contributed by atoms with E-state index in [1.54, 1.807) is 26.8 Å². The van der Waals surface area contributed by atoms with Crippen molar-refractivity contribution in [3.63, 3.8) is 0 Å². The van der Waals surface area contributed by atoms with Gasteiger partial charge in [-0.2, -0.15) is 0 Å². The average Bonchev–Trinajstić information content (AvgIpc) is 3.62. The highest BCUT2D eigenvalue weighted by Crippen LogP contribution is 2.72. The first-order valence-electron chi connectivity index (χ1n) is 17.6. The van der Waals surface area contributed by atoms with Crippen LogP contribution in [0.25, 0.3) is 0 Å². The molecule has 4 saturated carbocycles. The number of fused-ring (bicyclic) bond motifs is 4. The molecule has 47 heavy (non-hydrogen) atoms. The van der Waals surface area contributed by atoms with Gasteiger partial charge in [0.25, 0.3) is 0 Å².